The number of nitrogens with one attached hydrogen (secondary N) is 2. The lowest BCUT2D eigenvalue weighted by Crippen LogP contribution is -2.53. The fraction of sp³-hybridized carbons (Fsp3) is 0.519. The number of carbonyl (C=O) groups excluding carboxylic acids is 1. The summed E-state index contributed by atoms with van der Waals surface area (Å²) >= 11 is 0. The molecule has 220 valence electrons. The third-order valence-corrected chi connectivity index (χ3v) is 7.60. The Morgan fingerprint density at radius 3 is 2.08 bits per heavy atom. The molecule has 1 saturated carbocycles. The van der Waals surface area contributed by atoms with E-state index in [1.807, 2.05) is 4.90 Å². The minimum atomic E-state index is -5.92. The van der Waals surface area contributed by atoms with Crippen LogP contribution < -0.4 is 16.4 Å². The molecule has 2 fully saturated rings. The zero-order valence-electron chi connectivity index (χ0n) is 21.5. The molecule has 5 N–H and O–H groups in total. The Bertz CT molecular complexity index is 1170. The molecule has 2 amide bonds. The first-order chi connectivity index (χ1) is 18.6. The summed E-state index contributed by atoms with van der Waals surface area (Å²) < 4.78 is 93.1. The summed E-state index contributed by atoms with van der Waals surface area (Å²) in [6.45, 7) is 1.94. The van der Waals surface area contributed by atoms with Gasteiger partial charge in [0.2, 0.25) is 0 Å². The predicted octanol–water partition coefficient (Wildman–Crippen LogP) is 5.21. The largest absolute Gasteiger partial charge is 0.430 e. The maximum absolute atomic E-state index is 14.6. The zero-order valence-corrected chi connectivity index (χ0v) is 21.5. The Hall–Kier alpha value is -2.90. The van der Waals surface area contributed by atoms with Crippen molar-refractivity contribution in [1.29, 1.82) is 0 Å². The van der Waals surface area contributed by atoms with Gasteiger partial charge in [0.15, 0.2) is 0 Å². The molecule has 1 saturated heterocycles. The van der Waals surface area contributed by atoms with Crippen molar-refractivity contribution >= 4 is 11.7 Å². The molecule has 6 nitrogen and oxygen atoms in total. The van der Waals surface area contributed by atoms with Gasteiger partial charge >= 0.3 is 18.4 Å². The van der Waals surface area contributed by atoms with Gasteiger partial charge < -0.3 is 21.5 Å². The fourth-order valence-electron chi connectivity index (χ4n) is 4.83. The highest BCUT2D eigenvalue weighted by atomic mass is 19.4. The second-order valence-electron chi connectivity index (χ2n) is 10.8. The van der Waals surface area contributed by atoms with E-state index in [1.165, 1.54) is 12.1 Å². The summed E-state index contributed by atoms with van der Waals surface area (Å²) in [7, 11) is 0. The van der Waals surface area contributed by atoms with Crippen LogP contribution in [0.4, 0.5) is 41.2 Å². The van der Waals surface area contributed by atoms with Crippen molar-refractivity contribution < 1.29 is 40.6 Å². The molecule has 0 atom stereocenters. The number of rotatable bonds is 8. The van der Waals surface area contributed by atoms with Crippen LogP contribution in [0.3, 0.4) is 0 Å². The van der Waals surface area contributed by atoms with Crippen LogP contribution in [-0.2, 0) is 18.6 Å². The van der Waals surface area contributed by atoms with Gasteiger partial charge in [-0.15, -0.1) is 0 Å². The highest BCUT2D eigenvalue weighted by Crippen LogP contribution is 2.50. The topological polar surface area (TPSA) is 90.6 Å². The number of halogens is 7. The van der Waals surface area contributed by atoms with Gasteiger partial charge in [0, 0.05) is 24.2 Å². The van der Waals surface area contributed by atoms with Crippen LogP contribution >= 0.6 is 0 Å². The molecule has 2 aromatic rings. The molecule has 13 heteroatoms. The molecule has 2 aliphatic rings. The molecule has 40 heavy (non-hydrogen) atoms. The molecule has 1 heterocycles. The predicted molar refractivity (Wildman–Crippen MR) is 134 cm³/mol. The van der Waals surface area contributed by atoms with Crippen LogP contribution in [0.2, 0.25) is 0 Å². The van der Waals surface area contributed by atoms with E-state index in [1.54, 1.807) is 6.07 Å². The lowest BCUT2D eigenvalue weighted by molar-refractivity contribution is -0.376. The number of alkyl halides is 6. The van der Waals surface area contributed by atoms with Gasteiger partial charge in [-0.1, -0.05) is 30.3 Å². The molecule has 1 aliphatic carbocycles. The van der Waals surface area contributed by atoms with Crippen LogP contribution in [0, 0.1) is 11.7 Å². The summed E-state index contributed by atoms with van der Waals surface area (Å²) in [5, 5.41) is 14.7. The molecule has 0 aromatic heterocycles. The quantitative estimate of drug-likeness (QED) is 0.325. The number of urea groups is 1. The van der Waals surface area contributed by atoms with Crippen molar-refractivity contribution in [1.82, 2.24) is 10.2 Å². The van der Waals surface area contributed by atoms with E-state index < -0.39 is 35.4 Å². The summed E-state index contributed by atoms with van der Waals surface area (Å²) in [4.78, 5) is 14.0. The third-order valence-electron chi connectivity index (χ3n) is 7.60. The van der Waals surface area contributed by atoms with E-state index in [0.717, 1.165) is 43.4 Å². The number of hydrogen-bond acceptors (Lipinski definition) is 4. The minimum Gasteiger partial charge on any atom is -0.369 e. The average Bonchev–Trinajstić information content (AvgIpc) is 3.61. The molecule has 0 spiro atoms. The summed E-state index contributed by atoms with van der Waals surface area (Å²) in [6.07, 6.45) is -8.01. The van der Waals surface area contributed by atoms with E-state index in [4.69, 9.17) is 5.73 Å². The van der Waals surface area contributed by atoms with Gasteiger partial charge in [0.05, 0.1) is 5.69 Å². The molecule has 1 aliphatic heterocycles. The van der Waals surface area contributed by atoms with Crippen molar-refractivity contribution in [2.75, 3.05) is 25.0 Å². The van der Waals surface area contributed by atoms with Crippen molar-refractivity contribution in [3.8, 4) is 0 Å². The number of likely N-dealkylation sites (tertiary alicyclic amines) is 1. The number of nitrogens with two attached hydrogens (primary N) is 1. The van der Waals surface area contributed by atoms with Crippen molar-refractivity contribution in [2.24, 2.45) is 11.7 Å². The van der Waals surface area contributed by atoms with E-state index in [-0.39, 0.29) is 17.1 Å². The van der Waals surface area contributed by atoms with Gasteiger partial charge in [0.1, 0.15) is 5.82 Å². The summed E-state index contributed by atoms with van der Waals surface area (Å²) in [5.74, 6) is -0.293. The Kier molecular flexibility index (Phi) is 8.40. The van der Waals surface area contributed by atoms with Crippen molar-refractivity contribution in [3.63, 3.8) is 0 Å². The average molecular weight is 577 g/mol. The second kappa shape index (κ2) is 11.2. The number of anilines is 1. The molecule has 0 unspecified atom stereocenters. The molecular weight excluding hydrogens is 545 g/mol. The first kappa shape index (κ1) is 30.1. The lowest BCUT2D eigenvalue weighted by Gasteiger charge is -2.33. The van der Waals surface area contributed by atoms with Crippen LogP contribution in [0.5, 0.6) is 0 Å². The van der Waals surface area contributed by atoms with Gasteiger partial charge in [-0.2, -0.15) is 26.3 Å². The summed E-state index contributed by atoms with van der Waals surface area (Å²) in [6, 6.07) is 7.74. The normalized spacial score (nSPS) is 18.4. The second-order valence-corrected chi connectivity index (χ2v) is 10.8. The van der Waals surface area contributed by atoms with E-state index in [0.29, 0.717) is 50.3 Å². The van der Waals surface area contributed by atoms with Crippen molar-refractivity contribution in [2.45, 2.75) is 62.1 Å². The van der Waals surface area contributed by atoms with E-state index >= 15 is 0 Å². The number of piperidine rings is 1. The number of amides is 2. The van der Waals surface area contributed by atoms with Gasteiger partial charge in [-0.3, -0.25) is 4.90 Å². The van der Waals surface area contributed by atoms with Gasteiger partial charge in [-0.05, 0) is 74.4 Å². The number of hydrogen-bond donors (Lipinski definition) is 4. The van der Waals surface area contributed by atoms with Gasteiger partial charge in [-0.25, -0.2) is 9.18 Å². The number of carbonyl (C=O) groups is 1. The Labute approximate surface area is 226 Å². The fourth-order valence-corrected chi connectivity index (χ4v) is 4.83. The Balaban J connectivity index is 1.26. The Morgan fingerprint density at radius 1 is 0.975 bits per heavy atom. The first-order valence-electron chi connectivity index (χ1n) is 12.9. The molecule has 4 rings (SSSR count). The van der Waals surface area contributed by atoms with Crippen LogP contribution in [0.15, 0.2) is 42.5 Å². The highest BCUT2D eigenvalue weighted by molar-refractivity contribution is 5.89. The van der Waals surface area contributed by atoms with Crippen molar-refractivity contribution in [3.05, 3.63) is 65.0 Å². The monoisotopic (exact) mass is 576 g/mol. The molecular formula is C27H31F7N4O2. The number of benzene rings is 2. The highest BCUT2D eigenvalue weighted by Gasteiger charge is 2.71. The smallest absolute Gasteiger partial charge is 0.369 e. The number of nitrogens with zero attached hydrogens (tertiary/aromatic N) is 1. The van der Waals surface area contributed by atoms with Crippen LogP contribution in [-0.4, -0.2) is 53.6 Å². The van der Waals surface area contributed by atoms with Gasteiger partial charge in [0.25, 0.3) is 5.60 Å². The zero-order chi connectivity index (χ0) is 29.3. The van der Waals surface area contributed by atoms with Crippen LogP contribution in [0.1, 0.15) is 42.4 Å². The van der Waals surface area contributed by atoms with E-state index in [9.17, 15) is 40.6 Å². The maximum atomic E-state index is 14.6. The molecule has 2 aromatic carbocycles. The standard InChI is InChI=1S/C27H31F7N4O2/c28-21-14-19(3-6-22(21)37-23(39)36-16-24(35)9-10-24)13-17-7-11-38(12-8-17)15-18-1-4-20(5-2-18)25(40,26(29,30)31)27(32,33)34/h1-6,14,17,40H,7-13,15-16,35H2,(H2,36,37,39). The van der Waals surface area contributed by atoms with E-state index in [2.05, 4.69) is 10.6 Å². The third kappa shape index (κ3) is 6.87. The number of aliphatic hydroxyl groups is 1. The minimum absolute atomic E-state index is 0.0628. The van der Waals surface area contributed by atoms with Crippen LogP contribution in [0.25, 0.3) is 0 Å². The summed E-state index contributed by atoms with van der Waals surface area (Å²) in [5.41, 5.74) is 0.688. The molecule has 0 bridgehead atoms. The SMILES string of the molecule is NC1(CNC(=O)Nc2ccc(CC3CCN(Cc4ccc(C(O)(C(F)(F)F)C(F)(F)F)cc4)CC3)cc2F)CC1. The maximum Gasteiger partial charge on any atom is 0.430 e. The lowest BCUT2D eigenvalue weighted by atomic mass is 9.89. The first-order valence-corrected chi connectivity index (χ1v) is 12.9. The Morgan fingerprint density at radius 2 is 1.55 bits per heavy atom. The molecule has 0 radical (unpaired) electrons.